The molecule has 3 aromatic carbocycles. The van der Waals surface area contributed by atoms with E-state index in [4.69, 9.17) is 9.68 Å². The second-order valence-electron chi connectivity index (χ2n) is 10.3. The third kappa shape index (κ3) is 6.87. The number of pyridine rings is 1. The average Bonchev–Trinajstić information content (AvgIpc) is 3.77. The average molecular weight is 593 g/mol. The number of rotatable bonds is 10. The van der Waals surface area contributed by atoms with Gasteiger partial charge in [0.1, 0.15) is 5.76 Å². The summed E-state index contributed by atoms with van der Waals surface area (Å²) in [6, 6.07) is 33.2. The minimum atomic E-state index is -0.313. The van der Waals surface area contributed by atoms with E-state index in [0.29, 0.717) is 35.7 Å². The summed E-state index contributed by atoms with van der Waals surface area (Å²) in [6.07, 6.45) is 6.85. The van der Waals surface area contributed by atoms with Crippen LogP contribution < -0.4 is 10.2 Å². The lowest BCUT2D eigenvalue weighted by Crippen LogP contribution is -2.31. The molecule has 0 radical (unpaired) electrons. The number of aromatic nitrogens is 3. The second-order valence-corrected chi connectivity index (χ2v) is 10.3. The molecule has 220 valence electrons. The van der Waals surface area contributed by atoms with Gasteiger partial charge in [-0.3, -0.25) is 14.6 Å². The smallest absolute Gasteiger partial charge is 0.287 e. The number of nitrogens with zero attached hydrogens (tertiary/aromatic N) is 5. The Kier molecular flexibility index (Phi) is 8.56. The van der Waals surface area contributed by atoms with Crippen molar-refractivity contribution in [2.24, 2.45) is 0 Å². The summed E-state index contributed by atoms with van der Waals surface area (Å²) in [7, 11) is 0. The molecule has 6 aromatic rings. The first-order chi connectivity index (χ1) is 22.1. The molecule has 0 saturated heterocycles. The van der Waals surface area contributed by atoms with Gasteiger partial charge in [0.25, 0.3) is 11.8 Å². The minimum absolute atomic E-state index is 0.152. The van der Waals surface area contributed by atoms with Crippen molar-refractivity contribution in [2.45, 2.75) is 19.6 Å². The molecule has 9 heteroatoms. The minimum Gasteiger partial charge on any atom is -0.451 e. The molecular weight excluding hydrogens is 564 g/mol. The van der Waals surface area contributed by atoms with E-state index >= 15 is 0 Å². The molecule has 0 saturated carbocycles. The lowest BCUT2D eigenvalue weighted by molar-refractivity contribution is 0.0923. The first-order valence-electron chi connectivity index (χ1n) is 14.3. The number of furan rings is 1. The quantitative estimate of drug-likeness (QED) is 0.201. The van der Waals surface area contributed by atoms with Crippen LogP contribution >= 0.6 is 0 Å². The number of hydrogen-bond donors (Lipinski definition) is 1. The number of carbonyl (C=O) groups excluding carboxylic acids is 2. The Morgan fingerprint density at radius 2 is 1.60 bits per heavy atom. The third-order valence-electron chi connectivity index (χ3n) is 7.32. The summed E-state index contributed by atoms with van der Waals surface area (Å²) < 4.78 is 7.87. The van der Waals surface area contributed by atoms with Crippen molar-refractivity contribution in [1.82, 2.24) is 19.9 Å². The Bertz CT molecular complexity index is 1940. The topological polar surface area (TPSA) is 117 Å². The Hall–Kier alpha value is -6.27. The lowest BCUT2D eigenvalue weighted by atomic mass is 10.1. The predicted octanol–water partition coefficient (Wildman–Crippen LogP) is 6.24. The SMILES string of the molecule is N#Cc1ccc(Cn2cncc2CN(C(=O)c2ccccc2)c2ccc(-c3ccc(C(=O)NCc4ccncc4)o3)cc2)cc1. The van der Waals surface area contributed by atoms with Gasteiger partial charge in [-0.1, -0.05) is 30.3 Å². The highest BCUT2D eigenvalue weighted by atomic mass is 16.3. The highest BCUT2D eigenvalue weighted by molar-refractivity contribution is 6.06. The van der Waals surface area contributed by atoms with Crippen LogP contribution in [0.2, 0.25) is 0 Å². The van der Waals surface area contributed by atoms with Crippen LogP contribution in [-0.2, 0) is 19.6 Å². The summed E-state index contributed by atoms with van der Waals surface area (Å²) in [6.45, 7) is 1.19. The summed E-state index contributed by atoms with van der Waals surface area (Å²) in [5.74, 6) is 0.282. The lowest BCUT2D eigenvalue weighted by Gasteiger charge is -2.24. The molecule has 0 fully saturated rings. The summed E-state index contributed by atoms with van der Waals surface area (Å²) in [5.41, 5.74) is 5.43. The van der Waals surface area contributed by atoms with E-state index in [1.165, 1.54) is 0 Å². The zero-order chi connectivity index (χ0) is 31.0. The fraction of sp³-hybridized carbons (Fsp3) is 0.0833. The van der Waals surface area contributed by atoms with Gasteiger partial charge in [-0.25, -0.2) is 4.98 Å². The molecule has 0 aliphatic carbocycles. The van der Waals surface area contributed by atoms with Crippen LogP contribution in [0.5, 0.6) is 0 Å². The molecule has 0 atom stereocenters. The molecule has 6 rings (SSSR count). The van der Waals surface area contributed by atoms with Crippen molar-refractivity contribution in [3.63, 3.8) is 0 Å². The largest absolute Gasteiger partial charge is 0.451 e. The van der Waals surface area contributed by atoms with Crippen molar-refractivity contribution in [2.75, 3.05) is 4.90 Å². The molecule has 0 aliphatic rings. The number of amides is 2. The van der Waals surface area contributed by atoms with E-state index in [2.05, 4.69) is 21.4 Å². The monoisotopic (exact) mass is 592 g/mol. The highest BCUT2D eigenvalue weighted by Gasteiger charge is 2.21. The zero-order valence-corrected chi connectivity index (χ0v) is 24.2. The van der Waals surface area contributed by atoms with Crippen molar-refractivity contribution in [1.29, 1.82) is 5.26 Å². The van der Waals surface area contributed by atoms with Crippen molar-refractivity contribution < 1.29 is 14.0 Å². The number of carbonyl (C=O) groups is 2. The molecule has 0 spiro atoms. The van der Waals surface area contributed by atoms with Gasteiger partial charge in [-0.2, -0.15) is 5.26 Å². The fourth-order valence-corrected chi connectivity index (χ4v) is 4.87. The second kappa shape index (κ2) is 13.4. The molecular formula is C36H28N6O3. The van der Waals surface area contributed by atoms with Gasteiger partial charge in [0.2, 0.25) is 0 Å². The number of nitrogens with one attached hydrogen (secondary N) is 1. The predicted molar refractivity (Wildman–Crippen MR) is 169 cm³/mol. The van der Waals surface area contributed by atoms with Gasteiger partial charge in [-0.05, 0) is 83.9 Å². The molecule has 3 heterocycles. The number of anilines is 1. The number of imidazole rings is 1. The van der Waals surface area contributed by atoms with Crippen molar-refractivity contribution in [3.8, 4) is 17.4 Å². The van der Waals surface area contributed by atoms with E-state index in [0.717, 1.165) is 22.4 Å². The van der Waals surface area contributed by atoms with Gasteiger partial charge >= 0.3 is 0 Å². The standard InChI is InChI=1S/C36H28N6O3/c37-20-26-6-8-28(9-7-26)23-41-25-39-22-32(41)24-42(36(44)30-4-2-1-3-5-30)31-12-10-29(11-13-31)33-14-15-34(45-33)35(43)40-21-27-16-18-38-19-17-27/h1-19,22,25H,21,23-24H2,(H,40,43). The van der Waals surface area contributed by atoms with Crippen LogP contribution in [-0.4, -0.2) is 26.3 Å². The fourth-order valence-electron chi connectivity index (χ4n) is 4.87. The van der Waals surface area contributed by atoms with E-state index in [9.17, 15) is 9.59 Å². The molecule has 0 bridgehead atoms. The molecule has 1 N–H and O–H groups in total. The normalized spacial score (nSPS) is 10.6. The van der Waals surface area contributed by atoms with Crippen LogP contribution in [0.1, 0.15) is 43.3 Å². The van der Waals surface area contributed by atoms with E-state index in [-0.39, 0.29) is 24.1 Å². The van der Waals surface area contributed by atoms with Crippen LogP contribution in [0.4, 0.5) is 5.69 Å². The maximum absolute atomic E-state index is 13.8. The molecule has 45 heavy (non-hydrogen) atoms. The van der Waals surface area contributed by atoms with E-state index in [1.807, 2.05) is 71.3 Å². The first-order valence-corrected chi connectivity index (χ1v) is 14.3. The molecule has 3 aromatic heterocycles. The number of benzene rings is 3. The summed E-state index contributed by atoms with van der Waals surface area (Å²) in [5, 5.41) is 12.0. The van der Waals surface area contributed by atoms with E-state index in [1.54, 1.807) is 66.2 Å². The number of nitriles is 1. The molecule has 2 amide bonds. The maximum Gasteiger partial charge on any atom is 0.287 e. The van der Waals surface area contributed by atoms with Crippen LogP contribution in [0.3, 0.4) is 0 Å². The van der Waals surface area contributed by atoms with Crippen LogP contribution in [0.15, 0.2) is 132 Å². The van der Waals surface area contributed by atoms with Crippen molar-refractivity contribution in [3.05, 3.63) is 162 Å². The van der Waals surface area contributed by atoms with Gasteiger partial charge in [0, 0.05) is 48.5 Å². The Morgan fingerprint density at radius 1 is 0.844 bits per heavy atom. The third-order valence-corrected chi connectivity index (χ3v) is 7.32. The van der Waals surface area contributed by atoms with E-state index < -0.39 is 0 Å². The first kappa shape index (κ1) is 28.8. The van der Waals surface area contributed by atoms with Crippen LogP contribution in [0, 0.1) is 11.3 Å². The number of hydrogen-bond acceptors (Lipinski definition) is 6. The molecule has 0 unspecified atom stereocenters. The Balaban J connectivity index is 1.21. The summed E-state index contributed by atoms with van der Waals surface area (Å²) in [4.78, 5) is 36.5. The maximum atomic E-state index is 13.8. The van der Waals surface area contributed by atoms with Gasteiger partial charge in [0.15, 0.2) is 5.76 Å². The molecule has 9 nitrogen and oxygen atoms in total. The Morgan fingerprint density at radius 3 is 2.33 bits per heavy atom. The van der Waals surface area contributed by atoms with Gasteiger partial charge < -0.3 is 19.2 Å². The zero-order valence-electron chi connectivity index (χ0n) is 24.2. The molecule has 0 aliphatic heterocycles. The highest BCUT2D eigenvalue weighted by Crippen LogP contribution is 2.27. The van der Waals surface area contributed by atoms with Crippen LogP contribution in [0.25, 0.3) is 11.3 Å². The van der Waals surface area contributed by atoms with Gasteiger partial charge in [-0.15, -0.1) is 0 Å². The van der Waals surface area contributed by atoms with Crippen molar-refractivity contribution >= 4 is 17.5 Å². The Labute approximate surface area is 260 Å². The van der Waals surface area contributed by atoms with Gasteiger partial charge in [0.05, 0.1) is 30.2 Å². The summed E-state index contributed by atoms with van der Waals surface area (Å²) >= 11 is 0.